The number of hydrogen-bond donors (Lipinski definition) is 1. The van der Waals surface area contributed by atoms with Crippen molar-refractivity contribution in [2.24, 2.45) is 0 Å². The van der Waals surface area contributed by atoms with Crippen molar-refractivity contribution in [1.29, 1.82) is 0 Å². The van der Waals surface area contributed by atoms with Crippen molar-refractivity contribution in [2.45, 2.75) is 12.8 Å². The van der Waals surface area contributed by atoms with E-state index in [1.165, 1.54) is 0 Å². The summed E-state index contributed by atoms with van der Waals surface area (Å²) < 4.78 is 0. The molecule has 0 atom stereocenters. The van der Waals surface area contributed by atoms with Gasteiger partial charge in [0.15, 0.2) is 0 Å². The molecule has 0 aliphatic carbocycles. The molecule has 9 heavy (non-hydrogen) atoms. The van der Waals surface area contributed by atoms with E-state index in [1.54, 1.807) is 4.90 Å². The third-order valence-corrected chi connectivity index (χ3v) is 1.31. The minimum atomic E-state index is 0. The number of amides is 1. The lowest BCUT2D eigenvalue weighted by Crippen LogP contribution is -2.17. The summed E-state index contributed by atoms with van der Waals surface area (Å²) in [5, 5.41) is 0. The Bertz CT molecular complexity index is 95.0. The summed E-state index contributed by atoms with van der Waals surface area (Å²) in [4.78, 5) is 12.3. The molecule has 0 unspecified atom stereocenters. The van der Waals surface area contributed by atoms with Gasteiger partial charge < -0.3 is 16.5 Å². The zero-order chi connectivity index (χ0) is 5.28. The summed E-state index contributed by atoms with van der Waals surface area (Å²) in [5.74, 6) is 0.292. The van der Waals surface area contributed by atoms with Crippen LogP contribution < -0.4 is 6.15 Å². The van der Waals surface area contributed by atoms with Gasteiger partial charge in [-0.3, -0.25) is 4.79 Å². The van der Waals surface area contributed by atoms with Gasteiger partial charge in [-0.25, -0.2) is 0 Å². The molecule has 56 valence electrons. The first-order valence-electron chi connectivity index (χ1n) is 2.54. The van der Waals surface area contributed by atoms with Gasteiger partial charge in [-0.1, -0.05) is 0 Å². The highest BCUT2D eigenvalue weighted by molar-refractivity contribution is 5.77. The van der Waals surface area contributed by atoms with Crippen molar-refractivity contribution in [3.05, 3.63) is 0 Å². The van der Waals surface area contributed by atoms with Crippen LogP contribution >= 0.6 is 0 Å². The molecule has 1 heterocycles. The fourth-order valence-electron chi connectivity index (χ4n) is 0.783. The predicted molar refractivity (Wildman–Crippen MR) is 35.5 cm³/mol. The molecule has 1 amide bonds. The van der Waals surface area contributed by atoms with E-state index < -0.39 is 0 Å². The van der Waals surface area contributed by atoms with E-state index in [4.69, 9.17) is 0 Å². The maximum absolute atomic E-state index is 10.5. The summed E-state index contributed by atoms with van der Waals surface area (Å²) in [5.41, 5.74) is 0. The fraction of sp³-hybridized carbons (Fsp3) is 0.800. The largest absolute Gasteiger partial charge is 0.412 e. The first-order chi connectivity index (χ1) is 3.30. The Hall–Kier alpha value is -0.610. The molecule has 0 bridgehead atoms. The molecular weight excluding hydrogens is 120 g/mol. The van der Waals surface area contributed by atoms with Crippen molar-refractivity contribution >= 4 is 5.91 Å². The van der Waals surface area contributed by atoms with Gasteiger partial charge in [0, 0.05) is 20.0 Å². The average molecular weight is 134 g/mol. The Morgan fingerprint density at radius 3 is 2.22 bits per heavy atom. The number of nitrogens with zero attached hydrogens (tertiary/aromatic N) is 1. The lowest BCUT2D eigenvalue weighted by molar-refractivity contribution is -0.126. The zero-order valence-electron chi connectivity index (χ0n) is 5.68. The highest BCUT2D eigenvalue weighted by atomic mass is 16.2. The Morgan fingerprint density at radius 1 is 1.56 bits per heavy atom. The molecule has 0 spiro atoms. The number of carbonyl (C=O) groups excluding carboxylic acids is 1. The van der Waals surface area contributed by atoms with Crippen LogP contribution in [0.3, 0.4) is 0 Å². The van der Waals surface area contributed by atoms with Crippen LogP contribution in [-0.2, 0) is 4.79 Å². The van der Waals surface area contributed by atoms with E-state index in [-0.39, 0.29) is 11.6 Å². The SMILES string of the molecule is CN1CCCC1=O.N.O. The molecule has 0 aromatic carbocycles. The third-order valence-electron chi connectivity index (χ3n) is 1.31. The molecule has 5 N–H and O–H groups in total. The van der Waals surface area contributed by atoms with Crippen LogP contribution in [0.1, 0.15) is 12.8 Å². The van der Waals surface area contributed by atoms with Gasteiger partial charge in [0.1, 0.15) is 0 Å². The second-order valence-corrected chi connectivity index (χ2v) is 1.92. The Kier molecular flexibility index (Phi) is 5.34. The zero-order valence-corrected chi connectivity index (χ0v) is 5.68. The molecule has 1 fully saturated rings. The van der Waals surface area contributed by atoms with Crippen LogP contribution in [0.25, 0.3) is 0 Å². The second kappa shape index (κ2) is 4.29. The van der Waals surface area contributed by atoms with Crippen LogP contribution in [0, 0.1) is 0 Å². The first kappa shape index (κ1) is 11.2. The quantitative estimate of drug-likeness (QED) is 0.487. The molecule has 4 nitrogen and oxygen atoms in total. The summed E-state index contributed by atoms with van der Waals surface area (Å²) in [7, 11) is 1.84. The Labute approximate surface area is 54.7 Å². The molecule has 0 saturated carbocycles. The van der Waals surface area contributed by atoms with E-state index in [0.29, 0.717) is 5.91 Å². The Morgan fingerprint density at radius 2 is 2.11 bits per heavy atom. The molecular formula is C5H14N2O2. The topological polar surface area (TPSA) is 86.8 Å². The monoisotopic (exact) mass is 134 g/mol. The summed E-state index contributed by atoms with van der Waals surface area (Å²) in [6.07, 6.45) is 1.81. The lowest BCUT2D eigenvalue weighted by atomic mass is 10.4. The molecule has 0 aromatic heterocycles. The van der Waals surface area contributed by atoms with E-state index >= 15 is 0 Å². The van der Waals surface area contributed by atoms with Crippen molar-refractivity contribution in [1.82, 2.24) is 11.1 Å². The van der Waals surface area contributed by atoms with Gasteiger partial charge in [0.25, 0.3) is 0 Å². The van der Waals surface area contributed by atoms with Crippen LogP contribution in [-0.4, -0.2) is 29.9 Å². The molecule has 0 aromatic rings. The van der Waals surface area contributed by atoms with Gasteiger partial charge in [0.05, 0.1) is 0 Å². The predicted octanol–water partition coefficient (Wildman–Crippen LogP) is -0.424. The van der Waals surface area contributed by atoms with E-state index in [2.05, 4.69) is 0 Å². The van der Waals surface area contributed by atoms with E-state index in [1.807, 2.05) is 7.05 Å². The Balaban J connectivity index is 0. The van der Waals surface area contributed by atoms with Gasteiger partial charge in [-0.15, -0.1) is 0 Å². The number of carbonyl (C=O) groups is 1. The molecule has 1 aliphatic rings. The molecule has 1 rings (SSSR count). The average Bonchev–Trinajstić information content (AvgIpc) is 1.91. The number of likely N-dealkylation sites (tertiary alicyclic amines) is 1. The molecule has 4 heteroatoms. The van der Waals surface area contributed by atoms with Crippen LogP contribution in [0.4, 0.5) is 0 Å². The second-order valence-electron chi connectivity index (χ2n) is 1.92. The lowest BCUT2D eigenvalue weighted by Gasteiger charge is -2.03. The summed E-state index contributed by atoms with van der Waals surface area (Å²) >= 11 is 0. The van der Waals surface area contributed by atoms with E-state index in [9.17, 15) is 4.79 Å². The van der Waals surface area contributed by atoms with E-state index in [0.717, 1.165) is 19.4 Å². The van der Waals surface area contributed by atoms with Crippen LogP contribution in [0.2, 0.25) is 0 Å². The van der Waals surface area contributed by atoms with Gasteiger partial charge >= 0.3 is 0 Å². The fourth-order valence-corrected chi connectivity index (χ4v) is 0.783. The van der Waals surface area contributed by atoms with Crippen molar-refractivity contribution in [2.75, 3.05) is 13.6 Å². The maximum atomic E-state index is 10.5. The van der Waals surface area contributed by atoms with Crippen LogP contribution in [0.5, 0.6) is 0 Å². The van der Waals surface area contributed by atoms with Gasteiger partial charge in [0.2, 0.25) is 5.91 Å². The smallest absolute Gasteiger partial charge is 0.222 e. The third kappa shape index (κ3) is 2.43. The number of hydrogen-bond acceptors (Lipinski definition) is 2. The standard InChI is InChI=1S/C5H9NO.H3N.H2O/c1-6-4-2-3-5(6)7;;/h2-4H2,1H3;1H3;1H2. The van der Waals surface area contributed by atoms with Crippen molar-refractivity contribution in [3.8, 4) is 0 Å². The minimum absolute atomic E-state index is 0. The summed E-state index contributed by atoms with van der Waals surface area (Å²) in [6, 6.07) is 0. The molecule has 1 aliphatic heterocycles. The number of rotatable bonds is 0. The minimum Gasteiger partial charge on any atom is -0.412 e. The van der Waals surface area contributed by atoms with Crippen molar-refractivity contribution in [3.63, 3.8) is 0 Å². The molecule has 1 saturated heterocycles. The van der Waals surface area contributed by atoms with Crippen LogP contribution in [0.15, 0.2) is 0 Å². The first-order valence-corrected chi connectivity index (χ1v) is 2.54. The summed E-state index contributed by atoms with van der Waals surface area (Å²) in [6.45, 7) is 0.957. The normalized spacial score (nSPS) is 16.6. The van der Waals surface area contributed by atoms with Gasteiger partial charge in [-0.2, -0.15) is 0 Å². The highest BCUT2D eigenvalue weighted by Crippen LogP contribution is 2.04. The van der Waals surface area contributed by atoms with Gasteiger partial charge in [-0.05, 0) is 6.42 Å². The van der Waals surface area contributed by atoms with Crippen molar-refractivity contribution < 1.29 is 10.3 Å². The maximum Gasteiger partial charge on any atom is 0.222 e. The molecule has 0 radical (unpaired) electrons. The highest BCUT2D eigenvalue weighted by Gasteiger charge is 2.14.